The molecule has 8 heteroatoms. The van der Waals surface area contributed by atoms with Crippen molar-refractivity contribution >= 4 is 16.7 Å². The lowest BCUT2D eigenvalue weighted by Crippen LogP contribution is -2.26. The molecule has 0 aliphatic rings. The molecule has 3 rings (SSSR count). The van der Waals surface area contributed by atoms with Gasteiger partial charge in [0.2, 0.25) is 0 Å². The normalized spacial score (nSPS) is 13.3. The number of nitrogens with two attached hydrogens (primary N) is 1. The molecular weight excluding hydrogens is 342 g/mol. The van der Waals surface area contributed by atoms with Crippen molar-refractivity contribution in [1.82, 2.24) is 24.5 Å². The van der Waals surface area contributed by atoms with Gasteiger partial charge in [0.05, 0.1) is 28.4 Å². The maximum atomic E-state index is 13.0. The van der Waals surface area contributed by atoms with Gasteiger partial charge in [0, 0.05) is 24.8 Å². The molecule has 0 bridgehead atoms. The number of nitrogen functional groups attached to an aromatic ring is 1. The van der Waals surface area contributed by atoms with Gasteiger partial charge in [-0.15, -0.1) is 0 Å². The molecule has 0 amide bonds. The lowest BCUT2D eigenvalue weighted by atomic mass is 9.91. The van der Waals surface area contributed by atoms with Crippen LogP contribution >= 0.6 is 0 Å². The van der Waals surface area contributed by atoms with E-state index in [1.807, 2.05) is 33.9 Å². The van der Waals surface area contributed by atoms with Crippen molar-refractivity contribution in [3.05, 3.63) is 28.3 Å². The second-order valence-electron chi connectivity index (χ2n) is 7.87. The minimum absolute atomic E-state index is 0.0197. The van der Waals surface area contributed by atoms with Crippen LogP contribution in [0.3, 0.4) is 0 Å². The molecule has 142 valence electrons. The standard InChI is InChI=1S/C19H25N7O/c1-10(2)11(3)26-8-12(16-15(18(26)27)17(21)23-22-16)13-7-14(25(6)24-13)19(4,5)9-20/h7-8,10-11H,1-6H3,(H3,21,22,23). The van der Waals surface area contributed by atoms with Gasteiger partial charge < -0.3 is 10.3 Å². The molecule has 3 aromatic rings. The number of rotatable bonds is 4. The molecule has 0 spiro atoms. The van der Waals surface area contributed by atoms with E-state index < -0.39 is 5.41 Å². The Hall–Kier alpha value is -3.08. The number of nitrogens with zero attached hydrogens (tertiary/aromatic N) is 5. The van der Waals surface area contributed by atoms with E-state index in [-0.39, 0.29) is 23.3 Å². The van der Waals surface area contributed by atoms with E-state index in [0.29, 0.717) is 16.6 Å². The Bertz CT molecular complexity index is 1110. The van der Waals surface area contributed by atoms with Crippen LogP contribution in [0.15, 0.2) is 17.1 Å². The highest BCUT2D eigenvalue weighted by atomic mass is 16.1. The third-order valence-corrected chi connectivity index (χ3v) is 5.26. The number of anilines is 1. The predicted octanol–water partition coefficient (Wildman–Crippen LogP) is 2.73. The molecule has 3 aromatic heterocycles. The molecule has 0 aliphatic carbocycles. The van der Waals surface area contributed by atoms with E-state index in [4.69, 9.17) is 5.73 Å². The molecule has 3 heterocycles. The first-order chi connectivity index (χ1) is 12.6. The highest BCUT2D eigenvalue weighted by Crippen LogP contribution is 2.31. The zero-order valence-corrected chi connectivity index (χ0v) is 16.5. The maximum Gasteiger partial charge on any atom is 0.264 e. The van der Waals surface area contributed by atoms with Crippen LogP contribution in [-0.2, 0) is 12.5 Å². The summed E-state index contributed by atoms with van der Waals surface area (Å²) in [5, 5.41) is 21.3. The van der Waals surface area contributed by atoms with Crippen molar-refractivity contribution in [2.24, 2.45) is 13.0 Å². The molecule has 0 aromatic carbocycles. The fourth-order valence-electron chi connectivity index (χ4n) is 3.22. The van der Waals surface area contributed by atoms with Crippen LogP contribution in [0.4, 0.5) is 5.82 Å². The topological polar surface area (TPSA) is 118 Å². The van der Waals surface area contributed by atoms with Crippen molar-refractivity contribution in [2.75, 3.05) is 5.73 Å². The minimum Gasteiger partial charge on any atom is -0.382 e. The summed E-state index contributed by atoms with van der Waals surface area (Å²) in [7, 11) is 1.81. The van der Waals surface area contributed by atoms with Crippen LogP contribution in [0.1, 0.15) is 46.4 Å². The van der Waals surface area contributed by atoms with E-state index in [1.165, 1.54) is 0 Å². The molecule has 1 atom stereocenters. The maximum absolute atomic E-state index is 13.0. The quantitative estimate of drug-likeness (QED) is 0.735. The fourth-order valence-corrected chi connectivity index (χ4v) is 3.22. The summed E-state index contributed by atoms with van der Waals surface area (Å²) < 4.78 is 3.39. The van der Waals surface area contributed by atoms with Gasteiger partial charge in [0.25, 0.3) is 5.56 Å². The Morgan fingerprint density at radius 3 is 2.59 bits per heavy atom. The summed E-state index contributed by atoms with van der Waals surface area (Å²) in [6.45, 7) is 9.82. The lowest BCUT2D eigenvalue weighted by molar-refractivity contribution is 0.400. The molecule has 0 fully saturated rings. The number of aromatic amines is 1. The largest absolute Gasteiger partial charge is 0.382 e. The summed E-state index contributed by atoms with van der Waals surface area (Å²) in [5.41, 5.74) is 7.85. The third kappa shape index (κ3) is 2.89. The van der Waals surface area contributed by atoms with E-state index in [9.17, 15) is 10.1 Å². The van der Waals surface area contributed by atoms with Crippen molar-refractivity contribution < 1.29 is 0 Å². The smallest absolute Gasteiger partial charge is 0.264 e. The number of H-pyrrole nitrogens is 1. The van der Waals surface area contributed by atoms with Gasteiger partial charge in [0.15, 0.2) is 5.82 Å². The second kappa shape index (κ2) is 6.27. The molecule has 8 nitrogen and oxygen atoms in total. The Labute approximate surface area is 157 Å². The number of aryl methyl sites for hydroxylation is 1. The molecular formula is C19H25N7O. The number of nitriles is 1. The number of pyridine rings is 1. The van der Waals surface area contributed by atoms with E-state index in [1.54, 1.807) is 15.4 Å². The highest BCUT2D eigenvalue weighted by Gasteiger charge is 2.27. The molecule has 0 radical (unpaired) electrons. The first-order valence-corrected chi connectivity index (χ1v) is 8.93. The van der Waals surface area contributed by atoms with Crippen molar-refractivity contribution in [1.29, 1.82) is 5.26 Å². The van der Waals surface area contributed by atoms with Gasteiger partial charge in [-0.05, 0) is 32.8 Å². The minimum atomic E-state index is -0.689. The molecule has 0 aliphatic heterocycles. The first kappa shape index (κ1) is 18.7. The second-order valence-corrected chi connectivity index (χ2v) is 7.87. The Morgan fingerprint density at radius 2 is 2.00 bits per heavy atom. The summed E-state index contributed by atoms with van der Waals surface area (Å²) in [6.07, 6.45) is 1.80. The zero-order valence-electron chi connectivity index (χ0n) is 16.5. The molecule has 0 saturated carbocycles. The van der Waals surface area contributed by atoms with Crippen LogP contribution in [0.2, 0.25) is 0 Å². The molecule has 3 N–H and O–H groups in total. The molecule has 27 heavy (non-hydrogen) atoms. The van der Waals surface area contributed by atoms with Crippen molar-refractivity contribution in [2.45, 2.75) is 46.1 Å². The summed E-state index contributed by atoms with van der Waals surface area (Å²) in [6, 6.07) is 4.16. The van der Waals surface area contributed by atoms with Crippen molar-refractivity contribution in [3.63, 3.8) is 0 Å². The van der Waals surface area contributed by atoms with Gasteiger partial charge >= 0.3 is 0 Å². The van der Waals surface area contributed by atoms with Crippen LogP contribution in [0, 0.1) is 17.2 Å². The number of hydrogen-bond acceptors (Lipinski definition) is 5. The number of hydrogen-bond donors (Lipinski definition) is 2. The summed E-state index contributed by atoms with van der Waals surface area (Å²) in [4.78, 5) is 13.0. The fraction of sp³-hybridized carbons (Fsp3) is 0.474. The number of fused-ring (bicyclic) bond motifs is 1. The highest BCUT2D eigenvalue weighted by molar-refractivity contribution is 5.97. The van der Waals surface area contributed by atoms with E-state index in [0.717, 1.165) is 11.3 Å². The third-order valence-electron chi connectivity index (χ3n) is 5.26. The Kier molecular flexibility index (Phi) is 4.34. The number of aromatic nitrogens is 5. The average Bonchev–Trinajstić information content (AvgIpc) is 3.19. The van der Waals surface area contributed by atoms with Crippen molar-refractivity contribution in [3.8, 4) is 17.3 Å². The average molecular weight is 367 g/mol. The van der Waals surface area contributed by atoms with Gasteiger partial charge in [-0.3, -0.25) is 14.6 Å². The van der Waals surface area contributed by atoms with Crippen LogP contribution in [0.25, 0.3) is 22.2 Å². The van der Waals surface area contributed by atoms with E-state index >= 15 is 0 Å². The molecule has 1 unspecified atom stereocenters. The summed E-state index contributed by atoms with van der Waals surface area (Å²) in [5.74, 6) is 0.438. The Morgan fingerprint density at radius 1 is 1.33 bits per heavy atom. The van der Waals surface area contributed by atoms with Crippen LogP contribution < -0.4 is 11.3 Å². The SMILES string of the molecule is CC(C)C(C)n1cc(-c2cc(C(C)(C)C#N)n(C)n2)c2[nH]nc(N)c2c1=O. The van der Waals surface area contributed by atoms with E-state index in [2.05, 4.69) is 35.2 Å². The van der Waals surface area contributed by atoms with Gasteiger partial charge in [-0.1, -0.05) is 13.8 Å². The molecule has 0 saturated heterocycles. The zero-order chi connectivity index (χ0) is 20.1. The monoisotopic (exact) mass is 367 g/mol. The van der Waals surface area contributed by atoms with Crippen LogP contribution in [0.5, 0.6) is 0 Å². The summed E-state index contributed by atoms with van der Waals surface area (Å²) >= 11 is 0. The van der Waals surface area contributed by atoms with Gasteiger partial charge in [-0.25, -0.2) is 0 Å². The predicted molar refractivity (Wildman–Crippen MR) is 105 cm³/mol. The number of nitrogens with one attached hydrogen (secondary N) is 1. The van der Waals surface area contributed by atoms with Gasteiger partial charge in [0.1, 0.15) is 5.39 Å². The lowest BCUT2D eigenvalue weighted by Gasteiger charge is -2.20. The Balaban J connectivity index is 2.33. The van der Waals surface area contributed by atoms with Crippen LogP contribution in [-0.4, -0.2) is 24.5 Å². The van der Waals surface area contributed by atoms with Gasteiger partial charge in [-0.2, -0.15) is 15.5 Å². The first-order valence-electron chi connectivity index (χ1n) is 8.93.